The molecule has 0 amide bonds. The zero-order valence-electron chi connectivity index (χ0n) is 10.3. The van der Waals surface area contributed by atoms with Crippen molar-refractivity contribution in [3.05, 3.63) is 29.3 Å². The van der Waals surface area contributed by atoms with Crippen molar-refractivity contribution in [3.63, 3.8) is 0 Å². The Morgan fingerprint density at radius 3 is 2.47 bits per heavy atom. The molecular formula is C13H17NO2S. The van der Waals surface area contributed by atoms with Crippen molar-refractivity contribution in [2.24, 2.45) is 0 Å². The highest BCUT2D eigenvalue weighted by atomic mass is 32.2. The molecule has 0 bridgehead atoms. The van der Waals surface area contributed by atoms with Crippen LogP contribution < -0.4 is 4.72 Å². The predicted molar refractivity (Wildman–Crippen MR) is 69.1 cm³/mol. The van der Waals surface area contributed by atoms with Gasteiger partial charge in [-0.2, -0.15) is 4.72 Å². The molecule has 0 heterocycles. The quantitative estimate of drug-likeness (QED) is 0.832. The van der Waals surface area contributed by atoms with Crippen LogP contribution in [0.1, 0.15) is 24.5 Å². The second kappa shape index (κ2) is 5.35. The third kappa shape index (κ3) is 3.32. The molecule has 0 saturated carbocycles. The molecule has 0 spiro atoms. The molecular weight excluding hydrogens is 234 g/mol. The van der Waals surface area contributed by atoms with Crippen LogP contribution >= 0.6 is 0 Å². The molecule has 1 aromatic carbocycles. The Kier molecular flexibility index (Phi) is 4.33. The van der Waals surface area contributed by atoms with E-state index in [1.54, 1.807) is 18.2 Å². The van der Waals surface area contributed by atoms with Gasteiger partial charge < -0.3 is 0 Å². The van der Waals surface area contributed by atoms with E-state index in [9.17, 15) is 8.42 Å². The molecule has 0 fully saturated rings. The minimum absolute atomic E-state index is 0.259. The van der Waals surface area contributed by atoms with Crippen molar-refractivity contribution in [2.75, 3.05) is 0 Å². The van der Waals surface area contributed by atoms with Crippen molar-refractivity contribution < 1.29 is 8.42 Å². The average Bonchev–Trinajstić information content (AvgIpc) is 2.29. The number of aryl methyl sites for hydroxylation is 2. The third-order valence-corrected chi connectivity index (χ3v) is 4.16. The lowest BCUT2D eigenvalue weighted by Crippen LogP contribution is -2.33. The maximum absolute atomic E-state index is 12.0. The molecule has 1 unspecified atom stereocenters. The largest absolute Gasteiger partial charge is 0.241 e. The summed E-state index contributed by atoms with van der Waals surface area (Å²) in [5.41, 5.74) is 2.01. The highest BCUT2D eigenvalue weighted by Crippen LogP contribution is 2.15. The van der Waals surface area contributed by atoms with Gasteiger partial charge in [-0.25, -0.2) is 8.42 Å². The first kappa shape index (κ1) is 13.8. The predicted octanol–water partition coefficient (Wildman–Crippen LogP) is 1.99. The summed E-state index contributed by atoms with van der Waals surface area (Å²) in [6.07, 6.45) is 5.82. The number of hydrogen-bond acceptors (Lipinski definition) is 2. The molecule has 1 atom stereocenters. The Bertz CT molecular complexity index is 541. The van der Waals surface area contributed by atoms with Crippen LogP contribution in [0, 0.1) is 26.2 Å². The van der Waals surface area contributed by atoms with Gasteiger partial charge in [-0.1, -0.05) is 18.9 Å². The first-order valence-corrected chi connectivity index (χ1v) is 6.94. The van der Waals surface area contributed by atoms with Gasteiger partial charge in [0.05, 0.1) is 10.9 Å². The van der Waals surface area contributed by atoms with Gasteiger partial charge in [-0.15, -0.1) is 6.42 Å². The number of terminal acetylenes is 1. The van der Waals surface area contributed by atoms with Gasteiger partial charge >= 0.3 is 0 Å². The average molecular weight is 251 g/mol. The summed E-state index contributed by atoms with van der Waals surface area (Å²) in [7, 11) is -3.52. The summed E-state index contributed by atoms with van der Waals surface area (Å²) in [5, 5.41) is 0. The highest BCUT2D eigenvalue weighted by molar-refractivity contribution is 7.89. The van der Waals surface area contributed by atoms with E-state index in [0.29, 0.717) is 6.42 Å². The van der Waals surface area contributed by atoms with Crippen molar-refractivity contribution in [1.29, 1.82) is 0 Å². The molecule has 0 aliphatic carbocycles. The van der Waals surface area contributed by atoms with Crippen LogP contribution in [-0.4, -0.2) is 14.5 Å². The zero-order chi connectivity index (χ0) is 13.1. The molecule has 0 aliphatic rings. The molecule has 92 valence electrons. The normalized spacial score (nSPS) is 13.1. The third-order valence-electron chi connectivity index (χ3n) is 2.70. The first-order valence-electron chi connectivity index (χ1n) is 5.46. The van der Waals surface area contributed by atoms with Crippen LogP contribution in [0.15, 0.2) is 23.1 Å². The molecule has 1 rings (SSSR count). The monoisotopic (exact) mass is 251 g/mol. The molecule has 3 nitrogen and oxygen atoms in total. The van der Waals surface area contributed by atoms with Gasteiger partial charge in [-0.3, -0.25) is 0 Å². The standard InChI is InChI=1S/C13H17NO2S/c1-5-12(6-2)14-17(15,16)13-8-7-10(3)11(4)9-13/h1,7-9,12,14H,6H2,2-4H3. The smallest absolute Gasteiger partial charge is 0.207 e. The number of sulfonamides is 1. The van der Waals surface area contributed by atoms with E-state index in [4.69, 9.17) is 6.42 Å². The lowest BCUT2D eigenvalue weighted by molar-refractivity contribution is 0.570. The summed E-state index contributed by atoms with van der Waals surface area (Å²) >= 11 is 0. The van der Waals surface area contributed by atoms with Crippen LogP contribution in [0.4, 0.5) is 0 Å². The number of hydrogen-bond donors (Lipinski definition) is 1. The highest BCUT2D eigenvalue weighted by Gasteiger charge is 2.17. The maximum Gasteiger partial charge on any atom is 0.241 e. The van der Waals surface area contributed by atoms with E-state index in [0.717, 1.165) is 11.1 Å². The van der Waals surface area contributed by atoms with E-state index >= 15 is 0 Å². The van der Waals surface area contributed by atoms with Gasteiger partial charge in [0.15, 0.2) is 0 Å². The van der Waals surface area contributed by atoms with E-state index in [1.807, 2.05) is 20.8 Å². The molecule has 1 N–H and O–H groups in total. The topological polar surface area (TPSA) is 46.2 Å². The molecule has 0 aliphatic heterocycles. The number of nitrogens with one attached hydrogen (secondary N) is 1. The molecule has 0 aromatic heterocycles. The van der Waals surface area contributed by atoms with Gasteiger partial charge in [0.25, 0.3) is 0 Å². The van der Waals surface area contributed by atoms with Crippen molar-refractivity contribution >= 4 is 10.0 Å². The lowest BCUT2D eigenvalue weighted by atomic mass is 10.1. The Balaban J connectivity index is 3.06. The molecule has 0 saturated heterocycles. The second-order valence-electron chi connectivity index (χ2n) is 3.99. The van der Waals surface area contributed by atoms with E-state index < -0.39 is 16.1 Å². The van der Waals surface area contributed by atoms with E-state index in [1.165, 1.54) is 0 Å². The number of rotatable bonds is 4. The molecule has 1 aromatic rings. The minimum atomic E-state index is -3.52. The van der Waals surface area contributed by atoms with Crippen LogP contribution in [0.25, 0.3) is 0 Å². The lowest BCUT2D eigenvalue weighted by Gasteiger charge is -2.12. The summed E-state index contributed by atoms with van der Waals surface area (Å²) in [6.45, 7) is 5.66. The van der Waals surface area contributed by atoms with Crippen LogP contribution in [0.2, 0.25) is 0 Å². The summed E-state index contributed by atoms with van der Waals surface area (Å²) in [6, 6.07) is 4.58. The van der Waals surface area contributed by atoms with Crippen LogP contribution in [0.5, 0.6) is 0 Å². The van der Waals surface area contributed by atoms with Gasteiger partial charge in [0.2, 0.25) is 10.0 Å². The van der Waals surface area contributed by atoms with Crippen molar-refractivity contribution in [2.45, 2.75) is 38.1 Å². The fourth-order valence-corrected chi connectivity index (χ4v) is 2.70. The molecule has 4 heteroatoms. The van der Waals surface area contributed by atoms with Crippen LogP contribution in [0.3, 0.4) is 0 Å². The number of benzene rings is 1. The minimum Gasteiger partial charge on any atom is -0.207 e. The zero-order valence-corrected chi connectivity index (χ0v) is 11.1. The first-order chi connectivity index (χ1) is 7.90. The molecule has 17 heavy (non-hydrogen) atoms. The van der Waals surface area contributed by atoms with Gasteiger partial charge in [0.1, 0.15) is 0 Å². The van der Waals surface area contributed by atoms with Gasteiger partial charge in [0, 0.05) is 0 Å². The summed E-state index contributed by atoms with van der Waals surface area (Å²) in [5.74, 6) is 2.41. The van der Waals surface area contributed by atoms with E-state index in [-0.39, 0.29) is 4.90 Å². The fraction of sp³-hybridized carbons (Fsp3) is 0.385. The Morgan fingerprint density at radius 1 is 1.35 bits per heavy atom. The van der Waals surface area contributed by atoms with Crippen molar-refractivity contribution in [1.82, 2.24) is 4.72 Å². The Labute approximate surface area is 103 Å². The summed E-state index contributed by atoms with van der Waals surface area (Å²) < 4.78 is 26.5. The summed E-state index contributed by atoms with van der Waals surface area (Å²) in [4.78, 5) is 0.259. The molecule has 0 radical (unpaired) electrons. The maximum atomic E-state index is 12.0. The Hall–Kier alpha value is -1.31. The van der Waals surface area contributed by atoms with Gasteiger partial charge in [-0.05, 0) is 43.5 Å². The van der Waals surface area contributed by atoms with E-state index in [2.05, 4.69) is 10.6 Å². The Morgan fingerprint density at radius 2 is 2.00 bits per heavy atom. The van der Waals surface area contributed by atoms with Crippen molar-refractivity contribution in [3.8, 4) is 12.3 Å². The van der Waals surface area contributed by atoms with Crippen LogP contribution in [-0.2, 0) is 10.0 Å². The SMILES string of the molecule is C#CC(CC)NS(=O)(=O)c1ccc(C)c(C)c1. The fourth-order valence-electron chi connectivity index (χ4n) is 1.37. The second-order valence-corrected chi connectivity index (χ2v) is 5.71.